The number of halogens is 1. The molecule has 0 saturated heterocycles. The number of hydrogen-bond acceptors (Lipinski definition) is 1. The summed E-state index contributed by atoms with van der Waals surface area (Å²) in [5, 5.41) is 3.09. The summed E-state index contributed by atoms with van der Waals surface area (Å²) in [7, 11) is 0. The molecule has 1 amide bonds. The Balaban J connectivity index is 2.17. The average molecular weight is 252 g/mol. The summed E-state index contributed by atoms with van der Waals surface area (Å²) in [6.45, 7) is 4.01. The molecule has 2 rings (SSSR count). The molecule has 0 spiro atoms. The van der Waals surface area contributed by atoms with Gasteiger partial charge in [0, 0.05) is 11.4 Å². The molecule has 0 aromatic heterocycles. The standard InChI is InChI=1S/C14H18ClNO/c1-10-5-3-6-12(11(10)2)13(17)16-14(9-15)7-4-8-14/h3,5-6H,4,7-9H2,1-2H3,(H,16,17). The molecule has 1 aromatic carbocycles. The fourth-order valence-corrected chi connectivity index (χ4v) is 2.53. The van der Waals surface area contributed by atoms with Crippen LogP contribution >= 0.6 is 11.6 Å². The van der Waals surface area contributed by atoms with Crippen LogP contribution in [-0.2, 0) is 0 Å². The topological polar surface area (TPSA) is 29.1 Å². The molecule has 1 aliphatic rings. The van der Waals surface area contributed by atoms with Crippen molar-refractivity contribution in [1.82, 2.24) is 5.32 Å². The number of nitrogens with one attached hydrogen (secondary N) is 1. The van der Waals surface area contributed by atoms with Gasteiger partial charge in [-0.3, -0.25) is 4.79 Å². The monoisotopic (exact) mass is 251 g/mol. The molecule has 0 atom stereocenters. The van der Waals surface area contributed by atoms with Crippen molar-refractivity contribution >= 4 is 17.5 Å². The maximum Gasteiger partial charge on any atom is 0.252 e. The Hall–Kier alpha value is -1.02. The maximum atomic E-state index is 12.2. The van der Waals surface area contributed by atoms with E-state index < -0.39 is 0 Å². The van der Waals surface area contributed by atoms with Crippen molar-refractivity contribution in [3.05, 3.63) is 34.9 Å². The van der Waals surface area contributed by atoms with Crippen LogP contribution in [0.2, 0.25) is 0 Å². The van der Waals surface area contributed by atoms with Crippen LogP contribution in [0.3, 0.4) is 0 Å². The molecule has 1 aromatic rings. The van der Waals surface area contributed by atoms with Crippen LogP contribution in [0.25, 0.3) is 0 Å². The normalized spacial score (nSPS) is 17.4. The number of alkyl halides is 1. The van der Waals surface area contributed by atoms with E-state index in [1.54, 1.807) is 0 Å². The molecule has 2 nitrogen and oxygen atoms in total. The first-order valence-electron chi connectivity index (χ1n) is 6.03. The van der Waals surface area contributed by atoms with Gasteiger partial charge in [0.05, 0.1) is 5.54 Å². The minimum atomic E-state index is -0.158. The van der Waals surface area contributed by atoms with Gasteiger partial charge in [-0.1, -0.05) is 12.1 Å². The smallest absolute Gasteiger partial charge is 0.252 e. The van der Waals surface area contributed by atoms with Crippen molar-refractivity contribution in [2.75, 3.05) is 5.88 Å². The summed E-state index contributed by atoms with van der Waals surface area (Å²) in [5.41, 5.74) is 2.80. The Morgan fingerprint density at radius 3 is 2.65 bits per heavy atom. The van der Waals surface area contributed by atoms with E-state index in [-0.39, 0.29) is 11.4 Å². The number of carbonyl (C=O) groups excluding carboxylic acids is 1. The SMILES string of the molecule is Cc1cccc(C(=O)NC2(CCl)CCC2)c1C. The molecule has 0 aliphatic heterocycles. The van der Waals surface area contributed by atoms with Crippen LogP contribution in [0.15, 0.2) is 18.2 Å². The van der Waals surface area contributed by atoms with Gasteiger partial charge in [-0.25, -0.2) is 0 Å². The molecular weight excluding hydrogens is 234 g/mol. The lowest BCUT2D eigenvalue weighted by atomic mass is 9.78. The highest BCUT2D eigenvalue weighted by Gasteiger charge is 2.37. The molecule has 1 N–H and O–H groups in total. The van der Waals surface area contributed by atoms with Gasteiger partial charge >= 0.3 is 0 Å². The molecule has 0 heterocycles. The fourth-order valence-electron chi connectivity index (χ4n) is 2.20. The van der Waals surface area contributed by atoms with E-state index in [2.05, 4.69) is 5.32 Å². The van der Waals surface area contributed by atoms with Crippen LogP contribution in [0.4, 0.5) is 0 Å². The van der Waals surface area contributed by atoms with E-state index in [1.807, 2.05) is 32.0 Å². The summed E-state index contributed by atoms with van der Waals surface area (Å²) in [6, 6.07) is 5.82. The first kappa shape index (κ1) is 12.4. The highest BCUT2D eigenvalue weighted by atomic mass is 35.5. The van der Waals surface area contributed by atoms with Crippen molar-refractivity contribution in [2.24, 2.45) is 0 Å². The predicted octanol–water partition coefficient (Wildman–Crippen LogP) is 3.19. The second-order valence-corrected chi connectivity index (χ2v) is 5.24. The molecule has 17 heavy (non-hydrogen) atoms. The Morgan fingerprint density at radius 1 is 1.41 bits per heavy atom. The average Bonchev–Trinajstić information content (AvgIpc) is 2.27. The third kappa shape index (κ3) is 2.32. The molecule has 3 heteroatoms. The van der Waals surface area contributed by atoms with Gasteiger partial charge in [0.2, 0.25) is 0 Å². The molecule has 1 fully saturated rings. The lowest BCUT2D eigenvalue weighted by Gasteiger charge is -2.41. The molecule has 0 bridgehead atoms. The minimum Gasteiger partial charge on any atom is -0.345 e. The van der Waals surface area contributed by atoms with Crippen LogP contribution < -0.4 is 5.32 Å². The van der Waals surface area contributed by atoms with Crippen molar-refractivity contribution in [2.45, 2.75) is 38.6 Å². The Bertz CT molecular complexity index is 432. The zero-order valence-corrected chi connectivity index (χ0v) is 11.1. The number of hydrogen-bond donors (Lipinski definition) is 1. The summed E-state index contributed by atoms with van der Waals surface area (Å²) in [5.74, 6) is 0.510. The van der Waals surface area contributed by atoms with Crippen molar-refractivity contribution in [1.29, 1.82) is 0 Å². The van der Waals surface area contributed by atoms with Gasteiger partial charge in [-0.05, 0) is 50.3 Å². The van der Waals surface area contributed by atoms with Gasteiger partial charge in [0.25, 0.3) is 5.91 Å². The largest absolute Gasteiger partial charge is 0.345 e. The fraction of sp³-hybridized carbons (Fsp3) is 0.500. The highest BCUT2D eigenvalue weighted by molar-refractivity contribution is 6.19. The second-order valence-electron chi connectivity index (χ2n) is 4.97. The summed E-state index contributed by atoms with van der Waals surface area (Å²) in [6.07, 6.45) is 3.14. The van der Waals surface area contributed by atoms with Crippen LogP contribution in [-0.4, -0.2) is 17.3 Å². The van der Waals surface area contributed by atoms with E-state index in [0.29, 0.717) is 5.88 Å². The Kier molecular flexibility index (Phi) is 3.43. The van der Waals surface area contributed by atoms with Crippen molar-refractivity contribution in [3.8, 4) is 0 Å². The van der Waals surface area contributed by atoms with Gasteiger partial charge in [0.1, 0.15) is 0 Å². The van der Waals surface area contributed by atoms with E-state index in [0.717, 1.165) is 36.0 Å². The Labute approximate surface area is 107 Å². The zero-order chi connectivity index (χ0) is 12.5. The quantitative estimate of drug-likeness (QED) is 0.822. The molecule has 1 saturated carbocycles. The second kappa shape index (κ2) is 4.69. The number of aryl methyl sites for hydroxylation is 1. The van der Waals surface area contributed by atoms with Gasteiger partial charge in [-0.2, -0.15) is 0 Å². The van der Waals surface area contributed by atoms with Gasteiger partial charge < -0.3 is 5.32 Å². The summed E-state index contributed by atoms with van der Waals surface area (Å²) < 4.78 is 0. The van der Waals surface area contributed by atoms with Crippen LogP contribution in [0, 0.1) is 13.8 Å². The van der Waals surface area contributed by atoms with E-state index in [4.69, 9.17) is 11.6 Å². The first-order valence-corrected chi connectivity index (χ1v) is 6.56. The number of carbonyl (C=O) groups is 1. The van der Waals surface area contributed by atoms with Crippen molar-refractivity contribution in [3.63, 3.8) is 0 Å². The molecule has 0 radical (unpaired) electrons. The maximum absolute atomic E-state index is 12.2. The zero-order valence-electron chi connectivity index (χ0n) is 10.3. The molecule has 1 aliphatic carbocycles. The predicted molar refractivity (Wildman–Crippen MR) is 70.7 cm³/mol. The molecular formula is C14H18ClNO. The third-order valence-electron chi connectivity index (χ3n) is 3.79. The van der Waals surface area contributed by atoms with Gasteiger partial charge in [-0.15, -0.1) is 11.6 Å². The van der Waals surface area contributed by atoms with Gasteiger partial charge in [0.15, 0.2) is 0 Å². The van der Waals surface area contributed by atoms with Crippen LogP contribution in [0.5, 0.6) is 0 Å². The summed E-state index contributed by atoms with van der Waals surface area (Å²) in [4.78, 5) is 12.2. The molecule has 92 valence electrons. The third-order valence-corrected chi connectivity index (χ3v) is 4.31. The minimum absolute atomic E-state index is 0.00606. The Morgan fingerprint density at radius 2 is 2.12 bits per heavy atom. The number of amides is 1. The van der Waals surface area contributed by atoms with Crippen LogP contribution in [0.1, 0.15) is 40.7 Å². The van der Waals surface area contributed by atoms with E-state index in [1.165, 1.54) is 0 Å². The molecule has 0 unspecified atom stereocenters. The highest BCUT2D eigenvalue weighted by Crippen LogP contribution is 2.33. The number of benzene rings is 1. The summed E-state index contributed by atoms with van der Waals surface area (Å²) >= 11 is 5.95. The van der Waals surface area contributed by atoms with E-state index >= 15 is 0 Å². The first-order chi connectivity index (χ1) is 8.08. The lowest BCUT2D eigenvalue weighted by Crippen LogP contribution is -2.55. The van der Waals surface area contributed by atoms with Crippen molar-refractivity contribution < 1.29 is 4.79 Å². The van der Waals surface area contributed by atoms with E-state index in [9.17, 15) is 4.79 Å². The lowest BCUT2D eigenvalue weighted by molar-refractivity contribution is 0.0853. The number of rotatable bonds is 3.